The van der Waals surface area contributed by atoms with E-state index in [2.05, 4.69) is 10.3 Å². The molecule has 0 saturated heterocycles. The van der Waals surface area contributed by atoms with E-state index in [0.717, 1.165) is 17.8 Å². The number of aromatic nitrogens is 1. The Morgan fingerprint density at radius 1 is 1.30 bits per heavy atom. The zero-order valence-electron chi connectivity index (χ0n) is 11.2. The highest BCUT2D eigenvalue weighted by atomic mass is 32.1. The Labute approximate surface area is 120 Å². The van der Waals surface area contributed by atoms with Crippen LogP contribution in [-0.4, -0.2) is 11.5 Å². The maximum absolute atomic E-state index is 13.8. The summed E-state index contributed by atoms with van der Waals surface area (Å²) in [5.74, 6) is -1.69. The molecule has 0 amide bonds. The Balaban J connectivity index is 2.02. The third-order valence-electron chi connectivity index (χ3n) is 2.66. The fourth-order valence-electron chi connectivity index (χ4n) is 1.72. The molecule has 3 nitrogen and oxygen atoms in total. The van der Waals surface area contributed by atoms with Gasteiger partial charge in [0.2, 0.25) is 0 Å². The lowest BCUT2D eigenvalue weighted by atomic mass is 10.2. The molecule has 2 rings (SSSR count). The highest BCUT2D eigenvalue weighted by Crippen LogP contribution is 2.24. The number of nitrogens with zero attached hydrogens (tertiary/aromatic N) is 1. The van der Waals surface area contributed by atoms with Gasteiger partial charge < -0.3 is 10.1 Å². The van der Waals surface area contributed by atoms with E-state index in [0.29, 0.717) is 12.1 Å². The second kappa shape index (κ2) is 7.31. The average Bonchev–Trinajstić information content (AvgIpc) is 2.91. The first-order chi connectivity index (χ1) is 9.70. The first-order valence-electron chi connectivity index (χ1n) is 6.39. The van der Waals surface area contributed by atoms with E-state index >= 15 is 0 Å². The van der Waals surface area contributed by atoms with E-state index in [-0.39, 0.29) is 12.4 Å². The van der Waals surface area contributed by atoms with Gasteiger partial charge in [0.25, 0.3) is 0 Å². The molecule has 1 aromatic heterocycles. The lowest BCUT2D eigenvalue weighted by molar-refractivity contribution is 0.276. The molecule has 1 N–H and O–H groups in total. The van der Waals surface area contributed by atoms with Crippen molar-refractivity contribution in [2.45, 2.75) is 26.5 Å². The lowest BCUT2D eigenvalue weighted by Gasteiger charge is -2.10. The molecular weight excluding hydrogens is 282 g/mol. The molecule has 0 unspecified atom stereocenters. The van der Waals surface area contributed by atoms with Crippen molar-refractivity contribution >= 4 is 11.3 Å². The number of benzene rings is 1. The maximum atomic E-state index is 13.8. The summed E-state index contributed by atoms with van der Waals surface area (Å²) >= 11 is 1.38. The van der Waals surface area contributed by atoms with Gasteiger partial charge in [-0.25, -0.2) is 8.78 Å². The van der Waals surface area contributed by atoms with Crippen LogP contribution >= 0.6 is 11.3 Å². The number of nitrogens with one attached hydrogen (secondary N) is 1. The van der Waals surface area contributed by atoms with Crippen molar-refractivity contribution < 1.29 is 13.5 Å². The van der Waals surface area contributed by atoms with Crippen molar-refractivity contribution in [3.8, 4) is 5.75 Å². The van der Waals surface area contributed by atoms with Gasteiger partial charge in [-0.05, 0) is 30.7 Å². The van der Waals surface area contributed by atoms with E-state index in [9.17, 15) is 8.78 Å². The van der Waals surface area contributed by atoms with Crippen LogP contribution in [0.3, 0.4) is 0 Å². The molecule has 0 spiro atoms. The van der Waals surface area contributed by atoms with Gasteiger partial charge in [0.15, 0.2) is 17.4 Å². The summed E-state index contributed by atoms with van der Waals surface area (Å²) in [6.45, 7) is 3.40. The minimum absolute atomic E-state index is 0.117. The fraction of sp³-hybridized carbons (Fsp3) is 0.357. The molecular formula is C14H16F2N2OS. The van der Waals surface area contributed by atoms with Gasteiger partial charge in [-0.3, -0.25) is 4.98 Å². The number of hydrogen-bond acceptors (Lipinski definition) is 4. The van der Waals surface area contributed by atoms with Gasteiger partial charge in [0.05, 0.1) is 10.4 Å². The summed E-state index contributed by atoms with van der Waals surface area (Å²) in [5.41, 5.74) is 2.21. The molecule has 0 bridgehead atoms. The van der Waals surface area contributed by atoms with Crippen LogP contribution in [0, 0.1) is 11.6 Å². The van der Waals surface area contributed by atoms with Crippen molar-refractivity contribution in [1.82, 2.24) is 10.3 Å². The highest BCUT2D eigenvalue weighted by Gasteiger charge is 2.13. The van der Waals surface area contributed by atoms with E-state index in [1.54, 1.807) is 11.7 Å². The topological polar surface area (TPSA) is 34.1 Å². The highest BCUT2D eigenvalue weighted by molar-refractivity contribution is 7.09. The molecule has 0 radical (unpaired) electrons. The van der Waals surface area contributed by atoms with Gasteiger partial charge in [0.1, 0.15) is 6.61 Å². The van der Waals surface area contributed by atoms with E-state index in [1.807, 2.05) is 6.92 Å². The molecule has 2 aromatic rings. The Morgan fingerprint density at radius 2 is 2.05 bits per heavy atom. The Bertz CT molecular complexity index is 523. The summed E-state index contributed by atoms with van der Waals surface area (Å²) in [6, 6.07) is 2.60. The van der Waals surface area contributed by atoms with Crippen LogP contribution in [0.1, 0.15) is 23.8 Å². The van der Waals surface area contributed by atoms with Crippen molar-refractivity contribution in [2.75, 3.05) is 6.54 Å². The molecule has 0 atom stereocenters. The van der Waals surface area contributed by atoms with E-state index in [4.69, 9.17) is 4.74 Å². The van der Waals surface area contributed by atoms with Gasteiger partial charge in [-0.2, -0.15) is 0 Å². The van der Waals surface area contributed by atoms with Crippen LogP contribution in [0.25, 0.3) is 0 Å². The minimum Gasteiger partial charge on any atom is -0.482 e. The number of rotatable bonds is 7. The first-order valence-corrected chi connectivity index (χ1v) is 7.27. The number of halogens is 2. The summed E-state index contributed by atoms with van der Waals surface area (Å²) in [6.07, 6.45) is 2.59. The zero-order chi connectivity index (χ0) is 14.4. The lowest BCUT2D eigenvalue weighted by Crippen LogP contribution is -2.14. The van der Waals surface area contributed by atoms with Crippen LogP contribution in [0.2, 0.25) is 0 Å². The molecule has 108 valence electrons. The Morgan fingerprint density at radius 3 is 2.65 bits per heavy atom. The second-order valence-corrected chi connectivity index (χ2v) is 5.29. The van der Waals surface area contributed by atoms with Gasteiger partial charge in [-0.15, -0.1) is 11.3 Å². The van der Waals surface area contributed by atoms with Crippen molar-refractivity contribution in [2.24, 2.45) is 0 Å². The van der Waals surface area contributed by atoms with Gasteiger partial charge in [-0.1, -0.05) is 6.92 Å². The normalized spacial score (nSPS) is 10.8. The van der Waals surface area contributed by atoms with Crippen molar-refractivity contribution in [3.05, 3.63) is 45.9 Å². The molecule has 0 saturated carbocycles. The van der Waals surface area contributed by atoms with Gasteiger partial charge >= 0.3 is 0 Å². The predicted molar refractivity (Wildman–Crippen MR) is 74.8 cm³/mol. The van der Waals surface area contributed by atoms with Crippen LogP contribution < -0.4 is 10.1 Å². The average molecular weight is 298 g/mol. The monoisotopic (exact) mass is 298 g/mol. The van der Waals surface area contributed by atoms with Crippen molar-refractivity contribution in [1.29, 1.82) is 0 Å². The largest absolute Gasteiger partial charge is 0.482 e. The summed E-state index contributed by atoms with van der Waals surface area (Å²) in [4.78, 5) is 4.70. The molecule has 1 heterocycles. The van der Waals surface area contributed by atoms with Crippen LogP contribution in [-0.2, 0) is 13.2 Å². The number of thiazole rings is 1. The van der Waals surface area contributed by atoms with E-state index < -0.39 is 11.6 Å². The molecule has 0 fully saturated rings. The third kappa shape index (κ3) is 3.98. The number of ether oxygens (including phenoxy) is 1. The quantitative estimate of drug-likeness (QED) is 0.794. The molecule has 6 heteroatoms. The van der Waals surface area contributed by atoms with Crippen LogP contribution in [0.4, 0.5) is 8.78 Å². The molecule has 0 aliphatic heterocycles. The first kappa shape index (κ1) is 14.9. The SMILES string of the molecule is CCCNCc1cc(F)c(OCc2cncs2)c(F)c1. The predicted octanol–water partition coefficient (Wildman–Crippen LogP) is 3.50. The smallest absolute Gasteiger partial charge is 0.191 e. The molecule has 1 aromatic carbocycles. The Hall–Kier alpha value is -1.53. The van der Waals surface area contributed by atoms with E-state index in [1.165, 1.54) is 23.5 Å². The second-order valence-electron chi connectivity index (χ2n) is 4.32. The molecule has 20 heavy (non-hydrogen) atoms. The van der Waals surface area contributed by atoms with Crippen LogP contribution in [0.5, 0.6) is 5.75 Å². The zero-order valence-corrected chi connectivity index (χ0v) is 12.0. The van der Waals surface area contributed by atoms with Crippen molar-refractivity contribution in [3.63, 3.8) is 0 Å². The standard InChI is InChI=1S/C14H16F2N2OS/c1-2-3-17-6-10-4-12(15)14(13(16)5-10)19-8-11-7-18-9-20-11/h4-5,7,9,17H,2-3,6,8H2,1H3. The minimum atomic E-state index is -0.678. The maximum Gasteiger partial charge on any atom is 0.191 e. The van der Waals surface area contributed by atoms with Crippen LogP contribution in [0.15, 0.2) is 23.8 Å². The van der Waals surface area contributed by atoms with Gasteiger partial charge in [0, 0.05) is 12.7 Å². The molecule has 0 aliphatic carbocycles. The number of hydrogen-bond donors (Lipinski definition) is 1. The summed E-state index contributed by atoms with van der Waals surface area (Å²) in [5, 5.41) is 3.10. The summed E-state index contributed by atoms with van der Waals surface area (Å²) in [7, 11) is 0. The third-order valence-corrected chi connectivity index (χ3v) is 3.41. The Kier molecular flexibility index (Phi) is 5.43. The summed E-state index contributed by atoms with van der Waals surface area (Å²) < 4.78 is 32.9. The molecule has 0 aliphatic rings. The fourth-order valence-corrected chi connectivity index (χ4v) is 2.22.